The van der Waals surface area contributed by atoms with Crippen molar-refractivity contribution < 1.29 is 19.0 Å². The average Bonchev–Trinajstić information content (AvgIpc) is 2.66. The summed E-state index contributed by atoms with van der Waals surface area (Å²) in [4.78, 5) is 12.1. The van der Waals surface area contributed by atoms with E-state index in [4.69, 9.17) is 4.74 Å². The maximum absolute atomic E-state index is 13.9. The number of ether oxygens (including phenoxy) is 1. The normalized spacial score (nSPS) is 11.8. The van der Waals surface area contributed by atoms with E-state index in [9.17, 15) is 14.3 Å². The zero-order valence-electron chi connectivity index (χ0n) is 11.1. The third-order valence-electron chi connectivity index (χ3n) is 2.59. The molecule has 2 aromatic rings. The van der Waals surface area contributed by atoms with Crippen LogP contribution < -0.4 is 0 Å². The summed E-state index contributed by atoms with van der Waals surface area (Å²) < 4.78 is 20.2. The van der Waals surface area contributed by atoms with Gasteiger partial charge in [0.05, 0.1) is 17.8 Å². The van der Waals surface area contributed by atoms with Gasteiger partial charge in [0.25, 0.3) is 0 Å². The molecule has 1 N–H and O–H groups in total. The van der Waals surface area contributed by atoms with E-state index in [1.165, 1.54) is 6.07 Å². The van der Waals surface area contributed by atoms with Gasteiger partial charge in [-0.05, 0) is 32.9 Å². The maximum Gasteiger partial charge on any atom is 0.419 e. The summed E-state index contributed by atoms with van der Waals surface area (Å²) in [6, 6.07) is 6.07. The van der Waals surface area contributed by atoms with Crippen molar-refractivity contribution in [2.24, 2.45) is 0 Å². The van der Waals surface area contributed by atoms with Gasteiger partial charge in [-0.1, -0.05) is 12.1 Å². The molecule has 0 saturated carbocycles. The molecule has 0 atom stereocenters. The van der Waals surface area contributed by atoms with Crippen LogP contribution in [0.3, 0.4) is 0 Å². The molecule has 0 saturated heterocycles. The lowest BCUT2D eigenvalue weighted by Gasteiger charge is -2.20. The number of hydrogen-bond donors (Lipinski definition) is 1. The van der Waals surface area contributed by atoms with Crippen molar-refractivity contribution in [2.45, 2.75) is 33.0 Å². The Balaban J connectivity index is 2.60. The van der Waals surface area contributed by atoms with Crippen molar-refractivity contribution in [1.82, 2.24) is 4.57 Å². The highest BCUT2D eigenvalue weighted by atomic mass is 19.1. The molecule has 5 heteroatoms. The molecule has 0 bridgehead atoms. The van der Waals surface area contributed by atoms with E-state index in [2.05, 4.69) is 0 Å². The van der Waals surface area contributed by atoms with Gasteiger partial charge in [0, 0.05) is 5.39 Å². The molecule has 0 aliphatic rings. The van der Waals surface area contributed by atoms with Crippen LogP contribution in [0.5, 0.6) is 0 Å². The first-order valence-electron chi connectivity index (χ1n) is 5.96. The second kappa shape index (κ2) is 4.66. The van der Waals surface area contributed by atoms with Crippen molar-refractivity contribution in [2.75, 3.05) is 0 Å². The number of aliphatic hydroxyl groups is 1. The quantitative estimate of drug-likeness (QED) is 0.862. The van der Waals surface area contributed by atoms with Gasteiger partial charge in [0.1, 0.15) is 11.4 Å². The smallest absolute Gasteiger partial charge is 0.419 e. The Kier molecular flexibility index (Phi) is 3.32. The number of aromatic nitrogens is 1. The monoisotopic (exact) mass is 265 g/mol. The van der Waals surface area contributed by atoms with Crippen molar-refractivity contribution in [1.29, 1.82) is 0 Å². The molecule has 0 aliphatic carbocycles. The summed E-state index contributed by atoms with van der Waals surface area (Å²) in [7, 11) is 0. The highest BCUT2D eigenvalue weighted by Crippen LogP contribution is 2.24. The van der Waals surface area contributed by atoms with Crippen molar-refractivity contribution >= 4 is 17.0 Å². The lowest BCUT2D eigenvalue weighted by atomic mass is 10.2. The van der Waals surface area contributed by atoms with Gasteiger partial charge in [-0.2, -0.15) is 0 Å². The number of carbonyl (C=O) groups excluding carboxylic acids is 1. The molecule has 4 nitrogen and oxygen atoms in total. The fraction of sp³-hybridized carbons (Fsp3) is 0.357. The number of rotatable bonds is 1. The highest BCUT2D eigenvalue weighted by Gasteiger charge is 2.23. The molecule has 0 amide bonds. The third-order valence-corrected chi connectivity index (χ3v) is 2.59. The van der Waals surface area contributed by atoms with Crippen molar-refractivity contribution in [3.05, 3.63) is 35.8 Å². The Hall–Kier alpha value is -1.88. The predicted molar refractivity (Wildman–Crippen MR) is 69.5 cm³/mol. The summed E-state index contributed by atoms with van der Waals surface area (Å²) in [6.07, 6.45) is -0.698. The number of aliphatic hydroxyl groups excluding tert-OH is 1. The van der Waals surface area contributed by atoms with Crippen LogP contribution in [-0.4, -0.2) is 21.4 Å². The molecular formula is C14H16FNO3. The molecule has 1 heterocycles. The van der Waals surface area contributed by atoms with Crippen LogP contribution in [0.25, 0.3) is 10.9 Å². The van der Waals surface area contributed by atoms with Gasteiger partial charge in [0.15, 0.2) is 0 Å². The average molecular weight is 265 g/mol. The second-order valence-corrected chi connectivity index (χ2v) is 5.29. The van der Waals surface area contributed by atoms with Crippen molar-refractivity contribution in [3.8, 4) is 0 Å². The van der Waals surface area contributed by atoms with Gasteiger partial charge < -0.3 is 9.84 Å². The summed E-state index contributed by atoms with van der Waals surface area (Å²) in [5.41, 5.74) is -0.263. The Labute approximate surface area is 110 Å². The number of hydrogen-bond acceptors (Lipinski definition) is 3. The van der Waals surface area contributed by atoms with E-state index >= 15 is 0 Å². The van der Waals surface area contributed by atoms with Gasteiger partial charge in [-0.25, -0.2) is 13.8 Å². The lowest BCUT2D eigenvalue weighted by molar-refractivity contribution is 0.0532. The van der Waals surface area contributed by atoms with Crippen LogP contribution in [0.1, 0.15) is 26.5 Å². The number of halogens is 1. The largest absolute Gasteiger partial charge is 0.443 e. The lowest BCUT2D eigenvalue weighted by Crippen LogP contribution is -2.28. The molecule has 102 valence electrons. The van der Waals surface area contributed by atoms with Crippen LogP contribution in [0.2, 0.25) is 0 Å². The Morgan fingerprint density at radius 2 is 2.11 bits per heavy atom. The molecule has 0 fully saturated rings. The van der Waals surface area contributed by atoms with E-state index in [0.717, 1.165) is 4.57 Å². The van der Waals surface area contributed by atoms with Crippen LogP contribution in [0.4, 0.5) is 9.18 Å². The molecule has 0 radical (unpaired) electrons. The first kappa shape index (κ1) is 13.5. The Morgan fingerprint density at radius 3 is 2.68 bits per heavy atom. The van der Waals surface area contributed by atoms with E-state index in [-0.39, 0.29) is 12.1 Å². The van der Waals surface area contributed by atoms with E-state index in [1.54, 1.807) is 39.0 Å². The molecule has 2 rings (SSSR count). The number of para-hydroxylation sites is 1. The van der Waals surface area contributed by atoms with E-state index in [0.29, 0.717) is 11.1 Å². The van der Waals surface area contributed by atoms with E-state index < -0.39 is 17.5 Å². The fourth-order valence-electron chi connectivity index (χ4n) is 1.90. The molecule has 0 unspecified atom stereocenters. The Bertz CT molecular complexity index is 625. The number of carbonyl (C=O) groups is 1. The van der Waals surface area contributed by atoms with Crippen LogP contribution in [0, 0.1) is 5.82 Å². The summed E-state index contributed by atoms with van der Waals surface area (Å²) in [6.45, 7) is 4.82. The summed E-state index contributed by atoms with van der Waals surface area (Å²) in [5.74, 6) is -0.525. The van der Waals surface area contributed by atoms with Gasteiger partial charge in [0.2, 0.25) is 0 Å². The minimum Gasteiger partial charge on any atom is -0.443 e. The number of fused-ring (bicyclic) bond motifs is 1. The summed E-state index contributed by atoms with van der Waals surface area (Å²) in [5, 5.41) is 9.86. The van der Waals surface area contributed by atoms with Gasteiger partial charge in [-0.3, -0.25) is 0 Å². The van der Waals surface area contributed by atoms with Crippen LogP contribution in [0.15, 0.2) is 24.3 Å². The second-order valence-electron chi connectivity index (χ2n) is 5.29. The SMILES string of the molecule is CC(C)(C)OC(=O)n1c(CO)cc2cccc(F)c21. The van der Waals surface area contributed by atoms with Crippen LogP contribution in [-0.2, 0) is 11.3 Å². The maximum atomic E-state index is 13.9. The fourth-order valence-corrected chi connectivity index (χ4v) is 1.90. The topological polar surface area (TPSA) is 51.5 Å². The first-order valence-corrected chi connectivity index (χ1v) is 5.96. The molecule has 0 spiro atoms. The minimum absolute atomic E-state index is 0.126. The highest BCUT2D eigenvalue weighted by molar-refractivity contribution is 5.91. The Morgan fingerprint density at radius 1 is 1.42 bits per heavy atom. The minimum atomic E-state index is -0.698. The predicted octanol–water partition coefficient (Wildman–Crippen LogP) is 3.06. The van der Waals surface area contributed by atoms with Crippen molar-refractivity contribution in [3.63, 3.8) is 0 Å². The molecule has 1 aromatic heterocycles. The zero-order valence-corrected chi connectivity index (χ0v) is 11.1. The zero-order chi connectivity index (χ0) is 14.2. The van der Waals surface area contributed by atoms with Crippen LogP contribution >= 0.6 is 0 Å². The molecule has 19 heavy (non-hydrogen) atoms. The molecule has 1 aromatic carbocycles. The molecular weight excluding hydrogens is 249 g/mol. The van der Waals surface area contributed by atoms with Gasteiger partial charge in [-0.15, -0.1) is 0 Å². The number of nitrogens with zero attached hydrogens (tertiary/aromatic N) is 1. The standard InChI is InChI=1S/C14H16FNO3/c1-14(2,3)19-13(18)16-10(8-17)7-9-5-4-6-11(15)12(9)16/h4-7,17H,8H2,1-3H3. The van der Waals surface area contributed by atoms with E-state index in [1.807, 2.05) is 0 Å². The van der Waals surface area contributed by atoms with Gasteiger partial charge >= 0.3 is 6.09 Å². The number of benzene rings is 1. The first-order chi connectivity index (χ1) is 8.83. The third kappa shape index (κ3) is 2.61. The summed E-state index contributed by atoms with van der Waals surface area (Å²) >= 11 is 0. The molecule has 0 aliphatic heterocycles.